The minimum Gasteiger partial charge on any atom is -0.383 e. The second-order valence-electron chi connectivity index (χ2n) is 5.81. The lowest BCUT2D eigenvalue weighted by molar-refractivity contribution is -0.0512. The fourth-order valence-corrected chi connectivity index (χ4v) is 3.63. The first-order valence-electron chi connectivity index (χ1n) is 7.10. The van der Waals surface area contributed by atoms with Gasteiger partial charge in [-0.15, -0.1) is 0 Å². The van der Waals surface area contributed by atoms with Gasteiger partial charge in [-0.05, 0) is 30.9 Å². The number of rotatable bonds is 1. The zero-order chi connectivity index (χ0) is 11.9. The van der Waals surface area contributed by atoms with Crippen molar-refractivity contribution in [2.75, 3.05) is 25.0 Å². The van der Waals surface area contributed by atoms with Gasteiger partial charge in [-0.1, -0.05) is 18.2 Å². The van der Waals surface area contributed by atoms with E-state index in [0.29, 0.717) is 18.2 Å². The van der Waals surface area contributed by atoms with Gasteiger partial charge in [0.1, 0.15) is 0 Å². The van der Waals surface area contributed by atoms with Crippen LogP contribution < -0.4 is 5.32 Å². The lowest BCUT2D eigenvalue weighted by Gasteiger charge is -2.40. The SMILES string of the molecule is c1ccc2c(c1)CC(N1CC3CCC(C1)O3)CN2. The average Bonchev–Trinajstić information content (AvgIpc) is 2.77. The van der Waals surface area contributed by atoms with Crippen molar-refractivity contribution < 1.29 is 4.74 Å². The first-order chi connectivity index (χ1) is 8.88. The molecule has 3 aliphatic heterocycles. The molecule has 0 amide bonds. The maximum absolute atomic E-state index is 5.93. The highest BCUT2D eigenvalue weighted by Crippen LogP contribution is 2.30. The van der Waals surface area contributed by atoms with Crippen LogP contribution in [0.25, 0.3) is 0 Å². The summed E-state index contributed by atoms with van der Waals surface area (Å²) in [5, 5.41) is 3.58. The smallest absolute Gasteiger partial charge is 0.0707 e. The van der Waals surface area contributed by atoms with E-state index in [0.717, 1.165) is 19.6 Å². The molecule has 3 heterocycles. The van der Waals surface area contributed by atoms with Crippen LogP contribution in [-0.4, -0.2) is 42.8 Å². The van der Waals surface area contributed by atoms with E-state index in [4.69, 9.17) is 4.74 Å². The maximum atomic E-state index is 5.93. The van der Waals surface area contributed by atoms with Crippen molar-refractivity contribution in [3.8, 4) is 0 Å². The number of fused-ring (bicyclic) bond motifs is 3. The van der Waals surface area contributed by atoms with Gasteiger partial charge in [0.05, 0.1) is 12.2 Å². The molecule has 1 N–H and O–H groups in total. The molecule has 3 aliphatic rings. The molecule has 18 heavy (non-hydrogen) atoms. The van der Waals surface area contributed by atoms with Gasteiger partial charge in [-0.25, -0.2) is 0 Å². The Hall–Kier alpha value is -1.06. The Morgan fingerprint density at radius 1 is 1.11 bits per heavy atom. The van der Waals surface area contributed by atoms with Crippen LogP contribution in [0.2, 0.25) is 0 Å². The summed E-state index contributed by atoms with van der Waals surface area (Å²) in [4.78, 5) is 2.65. The Kier molecular flexibility index (Phi) is 2.55. The van der Waals surface area contributed by atoms with Crippen molar-refractivity contribution >= 4 is 5.69 Å². The molecule has 96 valence electrons. The van der Waals surface area contributed by atoms with Crippen molar-refractivity contribution in [3.63, 3.8) is 0 Å². The van der Waals surface area contributed by atoms with Crippen LogP contribution >= 0.6 is 0 Å². The van der Waals surface area contributed by atoms with Gasteiger partial charge in [-0.2, -0.15) is 0 Å². The van der Waals surface area contributed by atoms with Crippen LogP contribution in [0.1, 0.15) is 18.4 Å². The highest BCUT2D eigenvalue weighted by atomic mass is 16.5. The summed E-state index contributed by atoms with van der Waals surface area (Å²) < 4.78 is 5.93. The molecule has 0 aromatic heterocycles. The van der Waals surface area contributed by atoms with Gasteiger partial charge in [-0.3, -0.25) is 4.90 Å². The van der Waals surface area contributed by atoms with Crippen LogP contribution in [0.5, 0.6) is 0 Å². The number of morpholine rings is 1. The lowest BCUT2D eigenvalue weighted by Crippen LogP contribution is -2.52. The average molecular weight is 244 g/mol. The predicted octanol–water partition coefficient (Wildman–Crippen LogP) is 1.89. The Bertz CT molecular complexity index is 436. The molecule has 3 unspecified atom stereocenters. The largest absolute Gasteiger partial charge is 0.383 e. The van der Waals surface area contributed by atoms with Crippen molar-refractivity contribution in [2.45, 2.75) is 37.5 Å². The molecule has 1 aromatic rings. The normalized spacial score (nSPS) is 35.0. The summed E-state index contributed by atoms with van der Waals surface area (Å²) >= 11 is 0. The van der Waals surface area contributed by atoms with E-state index >= 15 is 0 Å². The second-order valence-corrected chi connectivity index (χ2v) is 5.81. The summed E-state index contributed by atoms with van der Waals surface area (Å²) in [5.74, 6) is 0. The molecule has 0 saturated carbocycles. The lowest BCUT2D eigenvalue weighted by atomic mass is 9.98. The quantitative estimate of drug-likeness (QED) is 0.816. The monoisotopic (exact) mass is 244 g/mol. The fraction of sp³-hybridized carbons (Fsp3) is 0.600. The summed E-state index contributed by atoms with van der Waals surface area (Å²) in [7, 11) is 0. The van der Waals surface area contributed by atoms with Gasteiger partial charge in [0.25, 0.3) is 0 Å². The first-order valence-corrected chi connectivity index (χ1v) is 7.10. The third-order valence-corrected chi connectivity index (χ3v) is 4.59. The number of likely N-dealkylation sites (tertiary alicyclic amines) is 1. The highest BCUT2D eigenvalue weighted by molar-refractivity contribution is 5.53. The van der Waals surface area contributed by atoms with E-state index in [2.05, 4.69) is 34.5 Å². The second kappa shape index (κ2) is 4.25. The number of para-hydroxylation sites is 1. The van der Waals surface area contributed by atoms with Gasteiger partial charge in [0.2, 0.25) is 0 Å². The van der Waals surface area contributed by atoms with Crippen LogP contribution in [0, 0.1) is 0 Å². The molecule has 2 fully saturated rings. The summed E-state index contributed by atoms with van der Waals surface area (Å²) in [6.07, 6.45) is 4.71. The van der Waals surface area contributed by atoms with Crippen LogP contribution in [0.3, 0.4) is 0 Å². The maximum Gasteiger partial charge on any atom is 0.0707 e. The summed E-state index contributed by atoms with van der Waals surface area (Å²) in [6.45, 7) is 3.34. The molecule has 0 radical (unpaired) electrons. The number of benzene rings is 1. The molecule has 3 nitrogen and oxygen atoms in total. The minimum atomic E-state index is 0.501. The Balaban J connectivity index is 1.51. The molecule has 3 atom stereocenters. The van der Waals surface area contributed by atoms with Crippen molar-refractivity contribution in [1.29, 1.82) is 0 Å². The molecule has 3 heteroatoms. The van der Waals surface area contributed by atoms with Gasteiger partial charge in [0.15, 0.2) is 0 Å². The van der Waals surface area contributed by atoms with E-state index in [1.165, 1.54) is 30.5 Å². The van der Waals surface area contributed by atoms with Crippen LogP contribution in [0.4, 0.5) is 5.69 Å². The van der Waals surface area contributed by atoms with Crippen molar-refractivity contribution in [3.05, 3.63) is 29.8 Å². The summed E-state index contributed by atoms with van der Waals surface area (Å²) in [6, 6.07) is 9.34. The van der Waals surface area contributed by atoms with E-state index in [1.54, 1.807) is 0 Å². The van der Waals surface area contributed by atoms with E-state index in [-0.39, 0.29) is 0 Å². The number of nitrogens with zero attached hydrogens (tertiary/aromatic N) is 1. The fourth-order valence-electron chi connectivity index (χ4n) is 3.63. The molecular formula is C15H20N2O. The number of nitrogens with one attached hydrogen (secondary N) is 1. The standard InChI is InChI=1S/C15H20N2O/c1-2-4-15-11(3-1)7-12(8-16-15)17-9-13-5-6-14(10-17)18-13/h1-4,12-14,16H,5-10H2. The Morgan fingerprint density at radius 2 is 1.89 bits per heavy atom. The van der Waals surface area contributed by atoms with E-state index in [1.807, 2.05) is 0 Å². The van der Waals surface area contributed by atoms with Gasteiger partial charge >= 0.3 is 0 Å². The van der Waals surface area contributed by atoms with Crippen LogP contribution in [0.15, 0.2) is 24.3 Å². The molecule has 4 rings (SSSR count). The number of anilines is 1. The zero-order valence-corrected chi connectivity index (χ0v) is 10.6. The Morgan fingerprint density at radius 3 is 2.72 bits per heavy atom. The first kappa shape index (κ1) is 10.8. The van der Waals surface area contributed by atoms with Gasteiger partial charge in [0, 0.05) is 31.4 Å². The number of hydrogen-bond acceptors (Lipinski definition) is 3. The van der Waals surface area contributed by atoms with Crippen molar-refractivity contribution in [2.24, 2.45) is 0 Å². The highest BCUT2D eigenvalue weighted by Gasteiger charge is 2.37. The van der Waals surface area contributed by atoms with E-state index < -0.39 is 0 Å². The minimum absolute atomic E-state index is 0.501. The predicted molar refractivity (Wildman–Crippen MR) is 71.9 cm³/mol. The summed E-state index contributed by atoms with van der Waals surface area (Å²) in [5.41, 5.74) is 2.79. The van der Waals surface area contributed by atoms with Crippen LogP contribution in [-0.2, 0) is 11.2 Å². The third-order valence-electron chi connectivity index (χ3n) is 4.59. The molecule has 1 aromatic carbocycles. The molecule has 0 spiro atoms. The number of ether oxygens (including phenoxy) is 1. The van der Waals surface area contributed by atoms with Gasteiger partial charge < -0.3 is 10.1 Å². The Labute approximate surface area is 108 Å². The third kappa shape index (κ3) is 1.82. The topological polar surface area (TPSA) is 24.5 Å². The van der Waals surface area contributed by atoms with E-state index in [9.17, 15) is 0 Å². The molecule has 2 saturated heterocycles. The zero-order valence-electron chi connectivity index (χ0n) is 10.6. The van der Waals surface area contributed by atoms with Crippen molar-refractivity contribution in [1.82, 2.24) is 4.90 Å². The number of hydrogen-bond donors (Lipinski definition) is 1. The molecule has 2 bridgehead atoms. The molecular weight excluding hydrogens is 224 g/mol. The molecule has 0 aliphatic carbocycles.